The van der Waals surface area contributed by atoms with Crippen LogP contribution in [-0.4, -0.2) is 24.2 Å². The molecule has 0 amide bonds. The van der Waals surface area contributed by atoms with Crippen molar-refractivity contribution in [3.05, 3.63) is 97.1 Å². The molecule has 6 rings (SSSR count). The van der Waals surface area contributed by atoms with E-state index in [1.165, 1.54) is 21.9 Å². The second kappa shape index (κ2) is 8.16. The minimum absolute atomic E-state index is 0.840. The van der Waals surface area contributed by atoms with Crippen LogP contribution in [0.5, 0.6) is 11.5 Å². The van der Waals surface area contributed by atoms with Gasteiger partial charge in [0.2, 0.25) is 0 Å². The highest BCUT2D eigenvalue weighted by atomic mass is 16.5. The molecule has 0 atom stereocenters. The van der Waals surface area contributed by atoms with E-state index in [0.29, 0.717) is 0 Å². The molecule has 4 heteroatoms. The molecule has 0 aliphatic rings. The fourth-order valence-electron chi connectivity index (χ4n) is 4.75. The van der Waals surface area contributed by atoms with Crippen molar-refractivity contribution < 1.29 is 9.47 Å². The van der Waals surface area contributed by atoms with E-state index in [2.05, 4.69) is 82.8 Å². The summed E-state index contributed by atoms with van der Waals surface area (Å²) >= 11 is 0. The Hall–Kier alpha value is -4.44. The van der Waals surface area contributed by atoms with Crippen molar-refractivity contribution in [3.63, 3.8) is 0 Å². The van der Waals surface area contributed by atoms with Crippen molar-refractivity contribution in [3.8, 4) is 45.1 Å². The quantitative estimate of drug-likeness (QED) is 0.287. The van der Waals surface area contributed by atoms with Gasteiger partial charge in [-0.2, -0.15) is 0 Å². The van der Waals surface area contributed by atoms with Crippen LogP contribution in [0.1, 0.15) is 0 Å². The van der Waals surface area contributed by atoms with Crippen molar-refractivity contribution >= 4 is 21.8 Å². The summed E-state index contributed by atoms with van der Waals surface area (Å²) in [5, 5.41) is 2.38. The minimum atomic E-state index is 0.840. The average molecular weight is 445 g/mol. The van der Waals surface area contributed by atoms with Crippen LogP contribution in [0, 0.1) is 0 Å². The van der Waals surface area contributed by atoms with Crippen LogP contribution in [0.25, 0.3) is 55.4 Å². The Kier molecular flexibility index (Phi) is 4.84. The molecule has 4 nitrogen and oxygen atoms in total. The normalized spacial score (nSPS) is 11.2. The third-order valence-electron chi connectivity index (χ3n) is 6.42. The fourth-order valence-corrected chi connectivity index (χ4v) is 4.75. The van der Waals surface area contributed by atoms with Crippen molar-refractivity contribution in [2.24, 2.45) is 0 Å². The molecule has 0 aliphatic heterocycles. The zero-order valence-corrected chi connectivity index (χ0v) is 19.1. The van der Waals surface area contributed by atoms with Crippen LogP contribution in [0.4, 0.5) is 0 Å². The maximum Gasteiger partial charge on any atom is 0.118 e. The molecule has 0 fully saturated rings. The zero-order chi connectivity index (χ0) is 23.1. The Morgan fingerprint density at radius 2 is 0.853 bits per heavy atom. The van der Waals surface area contributed by atoms with Gasteiger partial charge in [-0.25, -0.2) is 0 Å². The third-order valence-corrected chi connectivity index (χ3v) is 6.42. The van der Waals surface area contributed by atoms with Crippen LogP contribution < -0.4 is 9.47 Å². The summed E-state index contributed by atoms with van der Waals surface area (Å²) in [5.74, 6) is 1.68. The summed E-state index contributed by atoms with van der Waals surface area (Å²) < 4.78 is 10.8. The lowest BCUT2D eigenvalue weighted by Gasteiger charge is -2.10. The van der Waals surface area contributed by atoms with E-state index < -0.39 is 0 Å². The maximum atomic E-state index is 5.39. The maximum absolute atomic E-state index is 5.39. The molecule has 0 saturated carbocycles. The summed E-state index contributed by atoms with van der Waals surface area (Å²) in [7, 11) is 3.38. The summed E-state index contributed by atoms with van der Waals surface area (Å²) in [5.41, 5.74) is 8.97. The van der Waals surface area contributed by atoms with Gasteiger partial charge in [-0.05, 0) is 71.8 Å². The Morgan fingerprint density at radius 1 is 0.471 bits per heavy atom. The molecule has 0 spiro atoms. The lowest BCUT2D eigenvalue weighted by atomic mass is 9.93. The Bertz CT molecular complexity index is 1480. The number of methoxy groups -OCH3 is 2. The molecule has 6 aromatic rings. The highest BCUT2D eigenvalue weighted by Gasteiger charge is 2.22. The lowest BCUT2D eigenvalue weighted by Crippen LogP contribution is -1.88. The smallest absolute Gasteiger partial charge is 0.118 e. The summed E-state index contributed by atoms with van der Waals surface area (Å²) in [6.07, 6.45) is 0. The van der Waals surface area contributed by atoms with Gasteiger partial charge in [0.1, 0.15) is 11.5 Å². The zero-order valence-electron chi connectivity index (χ0n) is 19.1. The number of aromatic amines is 2. The lowest BCUT2D eigenvalue weighted by molar-refractivity contribution is 0.415. The molecule has 2 heterocycles. The van der Waals surface area contributed by atoms with Gasteiger partial charge in [-0.3, -0.25) is 0 Å². The molecular weight excluding hydrogens is 420 g/mol. The summed E-state index contributed by atoms with van der Waals surface area (Å²) in [6, 6.07) is 33.4. The van der Waals surface area contributed by atoms with Gasteiger partial charge >= 0.3 is 0 Å². The number of H-pyrrole nitrogens is 2. The second-order valence-corrected chi connectivity index (χ2v) is 8.30. The van der Waals surface area contributed by atoms with E-state index in [-0.39, 0.29) is 0 Å². The van der Waals surface area contributed by atoms with Crippen LogP contribution in [0.2, 0.25) is 0 Å². The first-order valence-corrected chi connectivity index (χ1v) is 11.3. The number of hydrogen-bond donors (Lipinski definition) is 2. The number of para-hydroxylation sites is 2. The number of hydrogen-bond acceptors (Lipinski definition) is 2. The van der Waals surface area contributed by atoms with E-state index in [1.54, 1.807) is 14.2 Å². The molecule has 0 aliphatic carbocycles. The van der Waals surface area contributed by atoms with Gasteiger partial charge in [0.25, 0.3) is 0 Å². The standard InChI is InChI=1S/C30H24N2O2/c1-33-21-15-11-19(12-16-21)29-27(23-7-3-5-9-25(23)31-29)28-24-8-4-6-10-26(24)32-30(28)20-13-17-22(34-2)18-14-20/h3-18,31-32H,1-2H3. The molecule has 0 unspecified atom stereocenters. The second-order valence-electron chi connectivity index (χ2n) is 8.30. The minimum Gasteiger partial charge on any atom is -0.497 e. The van der Waals surface area contributed by atoms with E-state index in [0.717, 1.165) is 45.0 Å². The molecule has 2 aromatic heterocycles. The average Bonchev–Trinajstić information content (AvgIpc) is 3.47. The molecule has 4 aromatic carbocycles. The highest BCUT2D eigenvalue weighted by Crippen LogP contribution is 2.46. The molecule has 0 saturated heterocycles. The number of rotatable bonds is 5. The molecule has 34 heavy (non-hydrogen) atoms. The highest BCUT2D eigenvalue weighted by molar-refractivity contribution is 6.14. The van der Waals surface area contributed by atoms with Crippen molar-refractivity contribution in [1.82, 2.24) is 9.97 Å². The number of nitrogens with one attached hydrogen (secondary N) is 2. The molecular formula is C30H24N2O2. The van der Waals surface area contributed by atoms with Gasteiger partial charge in [0, 0.05) is 32.9 Å². The largest absolute Gasteiger partial charge is 0.497 e. The number of aromatic nitrogens is 2. The Morgan fingerprint density at radius 3 is 1.24 bits per heavy atom. The summed E-state index contributed by atoms with van der Waals surface area (Å²) in [4.78, 5) is 7.39. The van der Waals surface area contributed by atoms with Crippen LogP contribution >= 0.6 is 0 Å². The molecule has 166 valence electrons. The number of ether oxygens (including phenoxy) is 2. The first-order valence-electron chi connectivity index (χ1n) is 11.3. The van der Waals surface area contributed by atoms with Crippen molar-refractivity contribution in [2.45, 2.75) is 0 Å². The third kappa shape index (κ3) is 3.23. The summed E-state index contributed by atoms with van der Waals surface area (Å²) in [6.45, 7) is 0. The predicted octanol–water partition coefficient (Wildman–Crippen LogP) is 7.67. The van der Waals surface area contributed by atoms with Gasteiger partial charge in [0.05, 0.1) is 25.6 Å². The molecule has 0 radical (unpaired) electrons. The van der Waals surface area contributed by atoms with Gasteiger partial charge in [0.15, 0.2) is 0 Å². The fraction of sp³-hybridized carbons (Fsp3) is 0.0667. The Balaban J connectivity index is 1.68. The van der Waals surface area contributed by atoms with Crippen LogP contribution in [-0.2, 0) is 0 Å². The van der Waals surface area contributed by atoms with Crippen LogP contribution in [0.3, 0.4) is 0 Å². The van der Waals surface area contributed by atoms with E-state index in [9.17, 15) is 0 Å². The Labute approximate surface area is 197 Å². The van der Waals surface area contributed by atoms with Crippen molar-refractivity contribution in [2.75, 3.05) is 14.2 Å². The van der Waals surface area contributed by atoms with Gasteiger partial charge < -0.3 is 19.4 Å². The molecule has 0 bridgehead atoms. The first kappa shape index (κ1) is 20.2. The van der Waals surface area contributed by atoms with E-state index in [1.807, 2.05) is 24.3 Å². The van der Waals surface area contributed by atoms with Crippen LogP contribution in [0.15, 0.2) is 97.1 Å². The SMILES string of the molecule is COc1ccc(-c2[nH]c3ccccc3c2-c2c(-c3ccc(OC)cc3)[nH]c3ccccc23)cc1. The number of fused-ring (bicyclic) bond motifs is 2. The monoisotopic (exact) mass is 444 g/mol. The predicted molar refractivity (Wildman–Crippen MR) is 140 cm³/mol. The first-order chi connectivity index (χ1) is 16.8. The van der Waals surface area contributed by atoms with Gasteiger partial charge in [-0.15, -0.1) is 0 Å². The molecule has 2 N–H and O–H groups in total. The van der Waals surface area contributed by atoms with E-state index >= 15 is 0 Å². The number of benzene rings is 4. The topological polar surface area (TPSA) is 50.0 Å². The van der Waals surface area contributed by atoms with Crippen molar-refractivity contribution in [1.29, 1.82) is 0 Å². The van der Waals surface area contributed by atoms with Gasteiger partial charge in [-0.1, -0.05) is 36.4 Å². The van der Waals surface area contributed by atoms with E-state index in [4.69, 9.17) is 9.47 Å².